The van der Waals surface area contributed by atoms with Crippen molar-refractivity contribution in [3.8, 4) is 0 Å². The van der Waals surface area contributed by atoms with E-state index >= 15 is 0 Å². The van der Waals surface area contributed by atoms with E-state index in [1.165, 1.54) is 12.1 Å². The number of hydrogen-bond donors (Lipinski definition) is 1. The molecular formula is C16H12BrF3N2. The molecule has 0 radical (unpaired) electrons. The number of rotatable bonds is 3. The lowest BCUT2D eigenvalue weighted by atomic mass is 10.1. The van der Waals surface area contributed by atoms with Crippen LogP contribution in [0.15, 0.2) is 46.9 Å². The highest BCUT2D eigenvalue weighted by atomic mass is 79.9. The number of hydrogen-bond acceptors (Lipinski definition) is 1. The smallest absolute Gasteiger partial charge is 0.342 e. The molecule has 1 aromatic heterocycles. The maximum atomic E-state index is 12.5. The fourth-order valence-electron chi connectivity index (χ4n) is 2.28. The molecule has 0 saturated carbocycles. The number of benzene rings is 2. The third kappa shape index (κ3) is 3.32. The van der Waals surface area contributed by atoms with Crippen LogP contribution in [0.25, 0.3) is 11.0 Å². The Morgan fingerprint density at radius 3 is 2.41 bits per heavy atom. The van der Waals surface area contributed by atoms with Crippen molar-refractivity contribution in [2.45, 2.75) is 19.0 Å². The number of imidazole rings is 1. The molecule has 0 bridgehead atoms. The molecule has 0 aliphatic heterocycles. The Bertz CT molecular complexity index is 791. The first-order valence-corrected chi connectivity index (χ1v) is 7.51. The molecule has 3 rings (SSSR count). The van der Waals surface area contributed by atoms with Crippen LogP contribution in [0.4, 0.5) is 13.2 Å². The molecule has 22 heavy (non-hydrogen) atoms. The second-order valence-corrected chi connectivity index (χ2v) is 5.96. The van der Waals surface area contributed by atoms with Gasteiger partial charge in [0.25, 0.3) is 0 Å². The molecule has 0 amide bonds. The molecule has 2 nitrogen and oxygen atoms in total. The van der Waals surface area contributed by atoms with Gasteiger partial charge in [0.1, 0.15) is 5.82 Å². The topological polar surface area (TPSA) is 28.7 Å². The molecule has 0 saturated heterocycles. The van der Waals surface area contributed by atoms with Gasteiger partial charge in [-0.15, -0.1) is 0 Å². The predicted octanol–water partition coefficient (Wildman–Crippen LogP) is 5.13. The standard InChI is InChI=1S/C16H12BrF3N2/c17-12-6-7-13-14(9-12)22-15(21-13)8-3-10-1-4-11(5-2-10)16(18,19)20/h1-2,4-7,9H,3,8H2,(H,21,22). The number of fused-ring (bicyclic) bond motifs is 1. The van der Waals surface area contributed by atoms with Crippen LogP contribution in [-0.2, 0) is 19.0 Å². The Balaban J connectivity index is 1.71. The summed E-state index contributed by atoms with van der Waals surface area (Å²) < 4.78 is 38.5. The maximum absolute atomic E-state index is 12.5. The Hall–Kier alpha value is -1.82. The zero-order valence-electron chi connectivity index (χ0n) is 11.4. The molecule has 0 fully saturated rings. The summed E-state index contributed by atoms with van der Waals surface area (Å²) in [4.78, 5) is 7.69. The molecule has 0 unspecified atom stereocenters. The molecule has 0 spiro atoms. The van der Waals surface area contributed by atoms with Crippen LogP contribution < -0.4 is 0 Å². The summed E-state index contributed by atoms with van der Waals surface area (Å²) >= 11 is 3.40. The van der Waals surface area contributed by atoms with Gasteiger partial charge in [-0.2, -0.15) is 13.2 Å². The third-order valence-corrected chi connectivity index (χ3v) is 3.92. The fraction of sp³-hybridized carbons (Fsp3) is 0.188. The first kappa shape index (κ1) is 15.1. The average molecular weight is 369 g/mol. The Morgan fingerprint density at radius 1 is 1.00 bits per heavy atom. The number of nitrogens with one attached hydrogen (secondary N) is 1. The minimum Gasteiger partial charge on any atom is -0.342 e. The molecule has 1 N–H and O–H groups in total. The van der Waals surface area contributed by atoms with Crippen molar-refractivity contribution < 1.29 is 13.2 Å². The summed E-state index contributed by atoms with van der Waals surface area (Å²) in [7, 11) is 0. The molecule has 0 aliphatic carbocycles. The summed E-state index contributed by atoms with van der Waals surface area (Å²) in [5.74, 6) is 0.827. The van der Waals surface area contributed by atoms with Crippen molar-refractivity contribution in [2.24, 2.45) is 0 Å². The van der Waals surface area contributed by atoms with E-state index in [0.29, 0.717) is 12.8 Å². The van der Waals surface area contributed by atoms with E-state index in [1.54, 1.807) is 0 Å². The minimum atomic E-state index is -4.29. The number of nitrogens with zero attached hydrogens (tertiary/aromatic N) is 1. The zero-order valence-corrected chi connectivity index (χ0v) is 13.0. The van der Waals surface area contributed by atoms with Crippen molar-refractivity contribution in [3.05, 3.63) is 63.9 Å². The lowest BCUT2D eigenvalue weighted by molar-refractivity contribution is -0.137. The second kappa shape index (κ2) is 5.76. The van der Waals surface area contributed by atoms with E-state index in [-0.39, 0.29) is 0 Å². The van der Waals surface area contributed by atoms with Crippen molar-refractivity contribution in [1.29, 1.82) is 0 Å². The van der Waals surface area contributed by atoms with Gasteiger partial charge in [-0.25, -0.2) is 4.98 Å². The van der Waals surface area contributed by atoms with Gasteiger partial charge in [0.15, 0.2) is 0 Å². The molecule has 1 heterocycles. The summed E-state index contributed by atoms with van der Waals surface area (Å²) in [5.41, 5.74) is 2.06. The summed E-state index contributed by atoms with van der Waals surface area (Å²) in [6, 6.07) is 11.0. The van der Waals surface area contributed by atoms with E-state index in [4.69, 9.17) is 0 Å². The van der Waals surface area contributed by atoms with Crippen LogP contribution in [0.3, 0.4) is 0 Å². The number of halogens is 4. The number of aromatic nitrogens is 2. The minimum absolute atomic E-state index is 0.621. The highest BCUT2D eigenvalue weighted by molar-refractivity contribution is 9.10. The molecule has 114 valence electrons. The molecule has 3 aromatic rings. The normalized spacial score (nSPS) is 12.0. The van der Waals surface area contributed by atoms with Crippen molar-refractivity contribution >= 4 is 27.0 Å². The van der Waals surface area contributed by atoms with Gasteiger partial charge < -0.3 is 4.98 Å². The van der Waals surface area contributed by atoms with Gasteiger partial charge in [-0.3, -0.25) is 0 Å². The van der Waals surface area contributed by atoms with Crippen LogP contribution in [0.5, 0.6) is 0 Å². The highest BCUT2D eigenvalue weighted by Crippen LogP contribution is 2.29. The molecule has 2 aromatic carbocycles. The predicted molar refractivity (Wildman–Crippen MR) is 82.6 cm³/mol. The molecule has 6 heteroatoms. The summed E-state index contributed by atoms with van der Waals surface area (Å²) in [6.07, 6.45) is -3.00. The van der Waals surface area contributed by atoms with Gasteiger partial charge in [0, 0.05) is 10.9 Å². The van der Waals surface area contributed by atoms with Gasteiger partial charge in [-0.05, 0) is 42.3 Å². The highest BCUT2D eigenvalue weighted by Gasteiger charge is 2.29. The molecule has 0 aliphatic rings. The number of alkyl halides is 3. The van der Waals surface area contributed by atoms with Crippen LogP contribution >= 0.6 is 15.9 Å². The van der Waals surface area contributed by atoms with E-state index in [0.717, 1.165) is 39.0 Å². The van der Waals surface area contributed by atoms with E-state index in [1.807, 2.05) is 18.2 Å². The van der Waals surface area contributed by atoms with Crippen LogP contribution in [0.2, 0.25) is 0 Å². The first-order valence-electron chi connectivity index (χ1n) is 6.72. The zero-order chi connectivity index (χ0) is 15.7. The quantitative estimate of drug-likeness (QED) is 0.681. The van der Waals surface area contributed by atoms with E-state index in [2.05, 4.69) is 25.9 Å². The van der Waals surface area contributed by atoms with Crippen LogP contribution in [-0.4, -0.2) is 9.97 Å². The monoisotopic (exact) mass is 368 g/mol. The van der Waals surface area contributed by atoms with Crippen molar-refractivity contribution in [3.63, 3.8) is 0 Å². The third-order valence-electron chi connectivity index (χ3n) is 3.42. The van der Waals surface area contributed by atoms with Gasteiger partial charge in [0.2, 0.25) is 0 Å². The lowest BCUT2D eigenvalue weighted by Crippen LogP contribution is -2.04. The van der Waals surface area contributed by atoms with Crippen molar-refractivity contribution in [2.75, 3.05) is 0 Å². The second-order valence-electron chi connectivity index (χ2n) is 5.04. The average Bonchev–Trinajstić information content (AvgIpc) is 2.86. The van der Waals surface area contributed by atoms with Gasteiger partial charge in [0.05, 0.1) is 16.6 Å². The molecular weight excluding hydrogens is 357 g/mol. The van der Waals surface area contributed by atoms with E-state index in [9.17, 15) is 13.2 Å². The van der Waals surface area contributed by atoms with Gasteiger partial charge in [-0.1, -0.05) is 28.1 Å². The number of H-pyrrole nitrogens is 1. The Morgan fingerprint density at radius 2 is 1.73 bits per heavy atom. The maximum Gasteiger partial charge on any atom is 0.416 e. The van der Waals surface area contributed by atoms with Crippen LogP contribution in [0, 0.1) is 0 Å². The number of aryl methyl sites for hydroxylation is 2. The lowest BCUT2D eigenvalue weighted by Gasteiger charge is -2.07. The SMILES string of the molecule is FC(F)(F)c1ccc(CCc2nc3ccc(Br)cc3[nH]2)cc1. The van der Waals surface area contributed by atoms with E-state index < -0.39 is 11.7 Å². The number of aromatic amines is 1. The van der Waals surface area contributed by atoms with Crippen molar-refractivity contribution in [1.82, 2.24) is 9.97 Å². The first-order chi connectivity index (χ1) is 10.4. The molecule has 0 atom stereocenters. The fourth-order valence-corrected chi connectivity index (χ4v) is 2.64. The summed E-state index contributed by atoms with van der Waals surface area (Å²) in [5, 5.41) is 0. The Labute approximate surface area is 133 Å². The Kier molecular flexibility index (Phi) is 3.95. The van der Waals surface area contributed by atoms with Gasteiger partial charge >= 0.3 is 6.18 Å². The largest absolute Gasteiger partial charge is 0.416 e. The summed E-state index contributed by atoms with van der Waals surface area (Å²) in [6.45, 7) is 0. The van der Waals surface area contributed by atoms with Crippen LogP contribution in [0.1, 0.15) is 17.0 Å².